The van der Waals surface area contributed by atoms with Crippen LogP contribution in [0.25, 0.3) is 11.1 Å². The topological polar surface area (TPSA) is 123 Å². The van der Waals surface area contributed by atoms with Gasteiger partial charge in [0, 0.05) is 42.3 Å². The van der Waals surface area contributed by atoms with Crippen molar-refractivity contribution in [2.75, 3.05) is 28.6 Å². The Hall–Kier alpha value is -3.21. The van der Waals surface area contributed by atoms with Crippen LogP contribution in [0.2, 0.25) is 5.02 Å². The normalized spacial score (nSPS) is 17.9. The van der Waals surface area contributed by atoms with Gasteiger partial charge in [0.15, 0.2) is 0 Å². The second-order valence-corrected chi connectivity index (χ2v) is 10.9. The summed E-state index contributed by atoms with van der Waals surface area (Å²) < 4.78 is 37.8. The lowest BCUT2D eigenvalue weighted by atomic mass is 9.96. The van der Waals surface area contributed by atoms with Crippen LogP contribution >= 0.6 is 11.6 Å². The summed E-state index contributed by atoms with van der Waals surface area (Å²) in [5, 5.41) is 5.66. The summed E-state index contributed by atoms with van der Waals surface area (Å²) in [6, 6.07) is 11.6. The lowest BCUT2D eigenvalue weighted by Crippen LogP contribution is -2.55. The fraction of sp³-hybridized carbons (Fsp3) is 0.250. The molecular formula is C24H23ClFN5O3S. The van der Waals surface area contributed by atoms with Crippen LogP contribution in [0.4, 0.5) is 21.6 Å². The standard InChI is InChI=1S/C24H23ClFN5O3S/c1-13-6-15-7-20(26)22(35(28,33)34)9-21(15)31(13)24(32)16-11-30(12-16)17-4-2-14(3-5-17)18-8-23(27)29-10-19(18)25/h2-5,7-10,13,16H,6,11-12H2,1H3,(H2,27,29)(H2,28,33,34). The number of halogens is 2. The monoisotopic (exact) mass is 515 g/mol. The van der Waals surface area contributed by atoms with Crippen LogP contribution in [-0.4, -0.2) is 38.4 Å². The Morgan fingerprint density at radius 1 is 1.17 bits per heavy atom. The molecule has 35 heavy (non-hydrogen) atoms. The van der Waals surface area contributed by atoms with Crippen molar-refractivity contribution in [1.82, 2.24) is 4.98 Å². The Morgan fingerprint density at radius 3 is 2.51 bits per heavy atom. The number of carbonyl (C=O) groups excluding carboxylic acids is 1. The van der Waals surface area contributed by atoms with Gasteiger partial charge in [0.1, 0.15) is 16.5 Å². The SMILES string of the molecule is CC1Cc2cc(F)c(S(N)(=O)=O)cc2N1C(=O)C1CN(c2ccc(-c3cc(N)ncc3Cl)cc2)C1. The van der Waals surface area contributed by atoms with Crippen molar-refractivity contribution in [2.24, 2.45) is 11.1 Å². The molecule has 3 aromatic rings. The molecule has 2 aliphatic heterocycles. The summed E-state index contributed by atoms with van der Waals surface area (Å²) in [5.74, 6) is -0.897. The molecular weight excluding hydrogens is 493 g/mol. The molecule has 1 aromatic heterocycles. The summed E-state index contributed by atoms with van der Waals surface area (Å²) >= 11 is 6.25. The van der Waals surface area contributed by atoms with Gasteiger partial charge in [-0.15, -0.1) is 0 Å². The third-order valence-corrected chi connectivity index (χ3v) is 7.77. The molecule has 0 bridgehead atoms. The molecule has 4 N–H and O–H groups in total. The first-order chi connectivity index (χ1) is 16.5. The van der Waals surface area contributed by atoms with E-state index in [0.717, 1.165) is 22.9 Å². The van der Waals surface area contributed by atoms with Gasteiger partial charge >= 0.3 is 0 Å². The van der Waals surface area contributed by atoms with E-state index >= 15 is 0 Å². The van der Waals surface area contributed by atoms with E-state index in [2.05, 4.69) is 9.88 Å². The van der Waals surface area contributed by atoms with Crippen molar-refractivity contribution in [3.05, 3.63) is 65.1 Å². The second-order valence-electron chi connectivity index (χ2n) is 8.96. The number of hydrogen-bond acceptors (Lipinski definition) is 6. The molecule has 1 fully saturated rings. The number of nitrogens with two attached hydrogens (primary N) is 2. The fourth-order valence-electron chi connectivity index (χ4n) is 4.74. The van der Waals surface area contributed by atoms with Crippen molar-refractivity contribution in [3.8, 4) is 11.1 Å². The Balaban J connectivity index is 1.31. The van der Waals surface area contributed by atoms with E-state index in [0.29, 0.717) is 41.6 Å². The van der Waals surface area contributed by atoms with Gasteiger partial charge in [-0.2, -0.15) is 0 Å². The van der Waals surface area contributed by atoms with Gasteiger partial charge in [-0.05, 0) is 54.8 Å². The van der Waals surface area contributed by atoms with Gasteiger partial charge in [-0.1, -0.05) is 23.7 Å². The van der Waals surface area contributed by atoms with Gasteiger partial charge in [-0.3, -0.25) is 4.79 Å². The number of rotatable bonds is 4. The highest BCUT2D eigenvalue weighted by Crippen LogP contribution is 2.38. The molecule has 3 heterocycles. The smallest absolute Gasteiger partial charge is 0.241 e. The van der Waals surface area contributed by atoms with E-state index in [1.807, 2.05) is 31.2 Å². The van der Waals surface area contributed by atoms with Crippen molar-refractivity contribution in [3.63, 3.8) is 0 Å². The minimum absolute atomic E-state index is 0.116. The zero-order chi connectivity index (χ0) is 25.1. The third kappa shape index (κ3) is 4.22. The number of nitrogen functional groups attached to an aromatic ring is 1. The molecule has 8 nitrogen and oxygen atoms in total. The van der Waals surface area contributed by atoms with Crippen LogP contribution in [0, 0.1) is 11.7 Å². The molecule has 2 aliphatic rings. The van der Waals surface area contributed by atoms with Crippen LogP contribution in [0.3, 0.4) is 0 Å². The molecule has 182 valence electrons. The van der Waals surface area contributed by atoms with Crippen molar-refractivity contribution >= 4 is 44.7 Å². The fourth-order valence-corrected chi connectivity index (χ4v) is 5.56. The number of hydrogen-bond donors (Lipinski definition) is 2. The average Bonchev–Trinajstić information content (AvgIpc) is 3.08. The highest BCUT2D eigenvalue weighted by Gasteiger charge is 2.41. The number of sulfonamides is 1. The van der Waals surface area contributed by atoms with Crippen LogP contribution in [0.5, 0.6) is 0 Å². The molecule has 2 aromatic carbocycles. The second kappa shape index (κ2) is 8.47. The molecule has 0 radical (unpaired) electrons. The minimum atomic E-state index is -4.25. The van der Waals surface area contributed by atoms with Crippen molar-refractivity contribution in [2.45, 2.75) is 24.3 Å². The first-order valence-electron chi connectivity index (χ1n) is 11.0. The van der Waals surface area contributed by atoms with E-state index in [1.165, 1.54) is 12.3 Å². The van der Waals surface area contributed by atoms with Gasteiger partial charge in [0.25, 0.3) is 0 Å². The summed E-state index contributed by atoms with van der Waals surface area (Å²) in [6.07, 6.45) is 1.96. The molecule has 0 spiro atoms. The summed E-state index contributed by atoms with van der Waals surface area (Å²) in [6.45, 7) is 2.89. The van der Waals surface area contributed by atoms with Crippen LogP contribution in [-0.2, 0) is 21.2 Å². The molecule has 0 saturated carbocycles. The highest BCUT2D eigenvalue weighted by molar-refractivity contribution is 7.89. The maximum Gasteiger partial charge on any atom is 0.241 e. The molecule has 11 heteroatoms. The lowest BCUT2D eigenvalue weighted by molar-refractivity contribution is -0.123. The quantitative estimate of drug-likeness (QED) is 0.550. The largest absolute Gasteiger partial charge is 0.384 e. The average molecular weight is 516 g/mol. The number of pyridine rings is 1. The maximum atomic E-state index is 14.3. The molecule has 1 amide bonds. The highest BCUT2D eigenvalue weighted by atomic mass is 35.5. The number of aromatic nitrogens is 1. The predicted molar refractivity (Wildman–Crippen MR) is 133 cm³/mol. The van der Waals surface area contributed by atoms with E-state index in [9.17, 15) is 17.6 Å². The maximum absolute atomic E-state index is 14.3. The number of primary sulfonamides is 1. The number of nitrogens with zero attached hydrogens (tertiary/aromatic N) is 3. The predicted octanol–water partition coefficient (Wildman–Crippen LogP) is 3.18. The van der Waals surface area contributed by atoms with Crippen LogP contribution in [0.15, 0.2) is 53.6 Å². The zero-order valence-corrected chi connectivity index (χ0v) is 20.4. The number of carbonyl (C=O) groups is 1. The van der Waals surface area contributed by atoms with Gasteiger partial charge in [-0.25, -0.2) is 22.9 Å². The van der Waals surface area contributed by atoms with Crippen LogP contribution < -0.4 is 20.7 Å². The van der Waals surface area contributed by atoms with Crippen molar-refractivity contribution < 1.29 is 17.6 Å². The number of anilines is 3. The molecule has 1 unspecified atom stereocenters. The Bertz CT molecular complexity index is 1440. The van der Waals surface area contributed by atoms with Gasteiger partial charge in [0.2, 0.25) is 15.9 Å². The van der Waals surface area contributed by atoms with Gasteiger partial charge < -0.3 is 15.5 Å². The first kappa shape index (κ1) is 23.5. The summed E-state index contributed by atoms with van der Waals surface area (Å²) in [7, 11) is -4.25. The molecule has 5 rings (SSSR count). The Morgan fingerprint density at radius 2 is 1.86 bits per heavy atom. The van der Waals surface area contributed by atoms with E-state index in [4.69, 9.17) is 22.5 Å². The lowest BCUT2D eigenvalue weighted by Gasteiger charge is -2.42. The van der Waals surface area contributed by atoms with Crippen molar-refractivity contribution in [1.29, 1.82) is 0 Å². The minimum Gasteiger partial charge on any atom is -0.384 e. The molecule has 0 aliphatic carbocycles. The van der Waals surface area contributed by atoms with Gasteiger partial charge in [0.05, 0.1) is 10.9 Å². The number of fused-ring (bicyclic) bond motifs is 1. The Kier molecular flexibility index (Phi) is 5.70. The van der Waals surface area contributed by atoms with E-state index in [1.54, 1.807) is 11.0 Å². The zero-order valence-electron chi connectivity index (χ0n) is 18.8. The Labute approximate surface area is 207 Å². The number of benzene rings is 2. The molecule has 1 saturated heterocycles. The molecule has 1 atom stereocenters. The summed E-state index contributed by atoms with van der Waals surface area (Å²) in [5.41, 5.74) is 9.44. The van der Waals surface area contributed by atoms with E-state index in [-0.39, 0.29) is 17.9 Å². The summed E-state index contributed by atoms with van der Waals surface area (Å²) in [4.78, 5) is 20.4. The first-order valence-corrected chi connectivity index (χ1v) is 12.9. The number of amides is 1. The van der Waals surface area contributed by atoms with Crippen LogP contribution in [0.1, 0.15) is 12.5 Å². The third-order valence-electron chi connectivity index (χ3n) is 6.54. The van der Waals surface area contributed by atoms with E-state index < -0.39 is 20.7 Å².